The Kier molecular flexibility index (Phi) is 7.46. The lowest BCUT2D eigenvalue weighted by Crippen LogP contribution is -2.37. The van der Waals surface area contributed by atoms with Gasteiger partial charge in [0.1, 0.15) is 0 Å². The second-order valence-corrected chi connectivity index (χ2v) is 4.42. The summed E-state index contributed by atoms with van der Waals surface area (Å²) in [4.78, 5) is 10.5. The van der Waals surface area contributed by atoms with Gasteiger partial charge in [-0.1, -0.05) is 6.08 Å². The molecule has 0 aromatic rings. The van der Waals surface area contributed by atoms with E-state index in [1.54, 1.807) is 24.8 Å². The van der Waals surface area contributed by atoms with Crippen LogP contribution in [0.3, 0.4) is 0 Å². The number of thioether (sulfide) groups is 1. The molecule has 2 unspecified atom stereocenters. The van der Waals surface area contributed by atoms with Crippen LogP contribution in [0.5, 0.6) is 0 Å². The predicted octanol–water partition coefficient (Wildman–Crippen LogP) is 0.719. The van der Waals surface area contributed by atoms with Crippen LogP contribution >= 0.6 is 11.8 Å². The monoisotopic (exact) mass is 233 g/mol. The Hall–Kier alpha value is -0.520. The summed E-state index contributed by atoms with van der Waals surface area (Å²) < 4.78 is 0. The molecule has 0 amide bonds. The average molecular weight is 233 g/mol. The van der Waals surface area contributed by atoms with E-state index < -0.39 is 5.97 Å². The summed E-state index contributed by atoms with van der Waals surface area (Å²) in [6.07, 6.45) is 3.57. The van der Waals surface area contributed by atoms with Gasteiger partial charge < -0.3 is 15.5 Å². The summed E-state index contributed by atoms with van der Waals surface area (Å²) in [7, 11) is 0. The number of hydrogen-bond donors (Lipinski definition) is 3. The number of aliphatic hydroxyl groups is 1. The second kappa shape index (κ2) is 7.73. The van der Waals surface area contributed by atoms with E-state index in [1.165, 1.54) is 0 Å². The lowest BCUT2D eigenvalue weighted by molar-refractivity contribution is -0.132. The molecule has 0 aliphatic rings. The van der Waals surface area contributed by atoms with Crippen molar-refractivity contribution in [2.24, 2.45) is 0 Å². The van der Waals surface area contributed by atoms with E-state index in [4.69, 9.17) is 10.2 Å². The van der Waals surface area contributed by atoms with Crippen molar-refractivity contribution in [2.45, 2.75) is 25.1 Å². The minimum atomic E-state index is -0.895. The Morgan fingerprint density at radius 3 is 2.60 bits per heavy atom. The van der Waals surface area contributed by atoms with Crippen LogP contribution in [0.1, 0.15) is 13.8 Å². The molecule has 0 aromatic heterocycles. The molecule has 0 bridgehead atoms. The van der Waals surface area contributed by atoms with Gasteiger partial charge in [0.2, 0.25) is 0 Å². The van der Waals surface area contributed by atoms with Gasteiger partial charge in [0, 0.05) is 23.4 Å². The third-order valence-electron chi connectivity index (χ3n) is 2.23. The van der Waals surface area contributed by atoms with Crippen LogP contribution in [0.2, 0.25) is 0 Å². The zero-order valence-corrected chi connectivity index (χ0v) is 10.2. The highest BCUT2D eigenvalue weighted by Gasteiger charge is 2.13. The number of carboxylic acids is 1. The van der Waals surface area contributed by atoms with Crippen molar-refractivity contribution in [2.75, 3.05) is 19.4 Å². The van der Waals surface area contributed by atoms with Crippen molar-refractivity contribution in [1.82, 2.24) is 5.32 Å². The topological polar surface area (TPSA) is 69.6 Å². The van der Waals surface area contributed by atoms with Crippen LogP contribution in [-0.4, -0.2) is 46.9 Å². The lowest BCUT2D eigenvalue weighted by Gasteiger charge is -2.20. The first-order valence-corrected chi connectivity index (χ1v) is 6.08. The van der Waals surface area contributed by atoms with Crippen LogP contribution in [0, 0.1) is 0 Å². The Morgan fingerprint density at radius 2 is 2.20 bits per heavy atom. The van der Waals surface area contributed by atoms with Crippen LogP contribution in [0.25, 0.3) is 0 Å². The van der Waals surface area contributed by atoms with Gasteiger partial charge in [-0.25, -0.2) is 4.79 Å². The first kappa shape index (κ1) is 14.5. The zero-order valence-electron chi connectivity index (χ0n) is 9.36. The van der Waals surface area contributed by atoms with Gasteiger partial charge in [0.25, 0.3) is 0 Å². The maximum atomic E-state index is 10.5. The minimum absolute atomic E-state index is 0.122. The van der Waals surface area contributed by atoms with Crippen molar-refractivity contribution >= 4 is 17.7 Å². The number of aliphatic carboxylic acids is 1. The maximum Gasteiger partial charge on any atom is 0.330 e. The normalized spacial score (nSPS) is 16.1. The summed E-state index contributed by atoms with van der Waals surface area (Å²) >= 11 is 1.59. The molecule has 0 spiro atoms. The van der Waals surface area contributed by atoms with E-state index in [0.29, 0.717) is 12.1 Å². The number of nitrogens with one attached hydrogen (secondary N) is 1. The van der Waals surface area contributed by atoms with Gasteiger partial charge >= 0.3 is 5.97 Å². The van der Waals surface area contributed by atoms with Crippen molar-refractivity contribution in [3.05, 3.63) is 11.6 Å². The van der Waals surface area contributed by atoms with Crippen LogP contribution < -0.4 is 5.32 Å². The first-order chi connectivity index (χ1) is 7.02. The fourth-order valence-electron chi connectivity index (χ4n) is 1.05. The summed E-state index contributed by atoms with van der Waals surface area (Å²) in [5.41, 5.74) is 0.333. The predicted molar refractivity (Wildman–Crippen MR) is 63.2 cm³/mol. The zero-order chi connectivity index (χ0) is 11.8. The van der Waals surface area contributed by atoms with Gasteiger partial charge in [-0.15, -0.1) is 0 Å². The van der Waals surface area contributed by atoms with Gasteiger partial charge in [-0.3, -0.25) is 0 Å². The highest BCUT2D eigenvalue weighted by Crippen LogP contribution is 2.09. The van der Waals surface area contributed by atoms with Gasteiger partial charge in [-0.2, -0.15) is 11.8 Å². The van der Waals surface area contributed by atoms with Gasteiger partial charge in [-0.05, 0) is 20.1 Å². The lowest BCUT2D eigenvalue weighted by atomic mass is 10.2. The fraction of sp³-hybridized carbons (Fsp3) is 0.700. The molecule has 88 valence electrons. The largest absolute Gasteiger partial charge is 0.478 e. The molecule has 2 atom stereocenters. The Morgan fingerprint density at radius 1 is 1.60 bits per heavy atom. The highest BCUT2D eigenvalue weighted by atomic mass is 32.2. The molecule has 0 heterocycles. The van der Waals surface area contributed by atoms with E-state index >= 15 is 0 Å². The number of carboxylic acid groups (broad SMARTS) is 1. The molecular formula is C10H19NO3S. The molecular weight excluding hydrogens is 214 g/mol. The molecule has 0 aliphatic carbocycles. The second-order valence-electron chi connectivity index (χ2n) is 3.35. The van der Waals surface area contributed by atoms with Crippen molar-refractivity contribution < 1.29 is 15.0 Å². The first-order valence-electron chi connectivity index (χ1n) is 4.80. The molecule has 0 aliphatic heterocycles. The molecule has 0 saturated heterocycles. The Bertz CT molecular complexity index is 227. The maximum absolute atomic E-state index is 10.5. The molecule has 0 saturated carbocycles. The van der Waals surface area contributed by atoms with Gasteiger partial charge in [0.05, 0.1) is 6.61 Å². The highest BCUT2D eigenvalue weighted by molar-refractivity contribution is 7.99. The summed E-state index contributed by atoms with van der Waals surface area (Å²) in [6, 6.07) is 0.155. The van der Waals surface area contributed by atoms with E-state index in [0.717, 1.165) is 0 Å². The van der Waals surface area contributed by atoms with E-state index in [9.17, 15) is 4.79 Å². The van der Waals surface area contributed by atoms with E-state index in [-0.39, 0.29) is 17.9 Å². The number of carbonyl (C=O) groups is 1. The molecule has 15 heavy (non-hydrogen) atoms. The number of hydrogen-bond acceptors (Lipinski definition) is 4. The molecule has 0 fully saturated rings. The summed E-state index contributed by atoms with van der Waals surface area (Å²) in [5, 5.41) is 20.9. The molecule has 3 N–H and O–H groups in total. The smallest absolute Gasteiger partial charge is 0.330 e. The third-order valence-corrected chi connectivity index (χ3v) is 3.39. The number of aliphatic hydroxyl groups excluding tert-OH is 1. The Balaban J connectivity index is 3.95. The van der Waals surface area contributed by atoms with Crippen LogP contribution in [0.15, 0.2) is 11.6 Å². The Labute approximate surface area is 94.8 Å². The summed E-state index contributed by atoms with van der Waals surface area (Å²) in [5.74, 6) is -0.895. The fourth-order valence-corrected chi connectivity index (χ4v) is 1.71. The average Bonchev–Trinajstić information content (AvgIpc) is 2.19. The quantitative estimate of drug-likeness (QED) is 0.565. The van der Waals surface area contributed by atoms with Crippen molar-refractivity contribution in [3.8, 4) is 0 Å². The SMILES string of the molecule is CSC(CO)C(C)NC/C=C(/C)C(=O)O. The molecule has 0 rings (SSSR count). The molecule has 0 aromatic carbocycles. The standard InChI is InChI=1S/C10H19NO3S/c1-7(10(13)14)4-5-11-8(2)9(6-12)15-3/h4,8-9,11-12H,5-6H2,1-3H3,(H,13,14)/b7-4-. The van der Waals surface area contributed by atoms with E-state index in [2.05, 4.69) is 5.32 Å². The molecule has 0 radical (unpaired) electrons. The van der Waals surface area contributed by atoms with E-state index in [1.807, 2.05) is 13.2 Å². The number of rotatable bonds is 7. The van der Waals surface area contributed by atoms with Crippen LogP contribution in [-0.2, 0) is 4.79 Å². The minimum Gasteiger partial charge on any atom is -0.478 e. The molecule has 5 heteroatoms. The van der Waals surface area contributed by atoms with Crippen LogP contribution in [0.4, 0.5) is 0 Å². The van der Waals surface area contributed by atoms with Gasteiger partial charge in [0.15, 0.2) is 0 Å². The van der Waals surface area contributed by atoms with Crippen molar-refractivity contribution in [1.29, 1.82) is 0 Å². The summed E-state index contributed by atoms with van der Waals surface area (Å²) in [6.45, 7) is 4.17. The van der Waals surface area contributed by atoms with Crippen molar-refractivity contribution in [3.63, 3.8) is 0 Å². The third kappa shape index (κ3) is 5.81. The molecule has 4 nitrogen and oxygen atoms in total.